The van der Waals surface area contributed by atoms with E-state index in [1.54, 1.807) is 25.7 Å². The predicted molar refractivity (Wildman–Crippen MR) is 145 cm³/mol. The van der Waals surface area contributed by atoms with Crippen molar-refractivity contribution >= 4 is 30.5 Å². The van der Waals surface area contributed by atoms with Crippen LogP contribution in [0.2, 0.25) is 0 Å². The van der Waals surface area contributed by atoms with Crippen LogP contribution in [0.5, 0.6) is 0 Å². The molecule has 0 saturated heterocycles. The second-order valence-electron chi connectivity index (χ2n) is 11.2. The summed E-state index contributed by atoms with van der Waals surface area (Å²) in [5.41, 5.74) is 1.16. The van der Waals surface area contributed by atoms with Crippen LogP contribution in [0.15, 0.2) is 18.2 Å². The molecule has 2 N–H and O–H groups in total. The third-order valence-electron chi connectivity index (χ3n) is 5.56. The van der Waals surface area contributed by atoms with E-state index in [4.69, 9.17) is 4.74 Å². The highest BCUT2D eigenvalue weighted by Crippen LogP contribution is 2.34. The van der Waals surface area contributed by atoms with Crippen LogP contribution in [0.4, 0.5) is 4.79 Å². The van der Waals surface area contributed by atoms with Gasteiger partial charge in [0.25, 0.3) is 0 Å². The van der Waals surface area contributed by atoms with E-state index in [1.165, 1.54) is 0 Å². The van der Waals surface area contributed by atoms with Crippen LogP contribution in [0.3, 0.4) is 0 Å². The van der Waals surface area contributed by atoms with Gasteiger partial charge in [-0.1, -0.05) is 31.5 Å². The molecule has 35 heavy (non-hydrogen) atoms. The summed E-state index contributed by atoms with van der Waals surface area (Å²) in [7, 11) is 0. The average molecular weight is 508 g/mol. The molecule has 0 aromatic heterocycles. The second-order valence-corrected chi connectivity index (χ2v) is 11.5. The monoisotopic (exact) mass is 507 g/mol. The lowest BCUT2D eigenvalue weighted by atomic mass is 9.90. The third-order valence-corrected chi connectivity index (χ3v) is 5.93. The SMILES string of the molecule is CCCC(C)NC(=O)C(c1c(C)cccc1C)N(C(=O)C(CS)NC(=O)OC(C)(C)C)C(C)(C)C. The Morgan fingerprint density at radius 2 is 1.57 bits per heavy atom. The van der Waals surface area contributed by atoms with Crippen LogP contribution in [-0.4, -0.2) is 51.8 Å². The van der Waals surface area contributed by atoms with Gasteiger partial charge >= 0.3 is 6.09 Å². The molecule has 7 nitrogen and oxygen atoms in total. The maximum Gasteiger partial charge on any atom is 0.408 e. The zero-order valence-electron chi connectivity index (χ0n) is 23.1. The molecular formula is C27H45N3O4S. The average Bonchev–Trinajstić information content (AvgIpc) is 2.68. The van der Waals surface area contributed by atoms with E-state index < -0.39 is 35.2 Å². The molecule has 3 atom stereocenters. The molecule has 0 aliphatic carbocycles. The number of benzene rings is 1. The van der Waals surface area contributed by atoms with E-state index in [0.29, 0.717) is 0 Å². The van der Waals surface area contributed by atoms with Gasteiger partial charge in [-0.25, -0.2) is 4.79 Å². The molecule has 3 unspecified atom stereocenters. The number of alkyl carbamates (subject to hydrolysis) is 1. The van der Waals surface area contributed by atoms with E-state index in [9.17, 15) is 14.4 Å². The number of nitrogens with one attached hydrogen (secondary N) is 2. The lowest BCUT2D eigenvalue weighted by Gasteiger charge is -2.44. The summed E-state index contributed by atoms with van der Waals surface area (Å²) in [5.74, 6) is -0.594. The fourth-order valence-corrected chi connectivity index (χ4v) is 4.36. The quantitative estimate of drug-likeness (QED) is 0.406. The highest BCUT2D eigenvalue weighted by Gasteiger charge is 2.42. The minimum atomic E-state index is -0.972. The van der Waals surface area contributed by atoms with Crippen molar-refractivity contribution < 1.29 is 19.1 Å². The molecule has 0 radical (unpaired) electrons. The fraction of sp³-hybridized carbons (Fsp3) is 0.667. The van der Waals surface area contributed by atoms with Gasteiger partial charge in [-0.15, -0.1) is 0 Å². The molecule has 8 heteroatoms. The molecule has 0 saturated carbocycles. The van der Waals surface area contributed by atoms with Gasteiger partial charge < -0.3 is 20.3 Å². The Kier molecular flexibility index (Phi) is 11.1. The van der Waals surface area contributed by atoms with Crippen molar-refractivity contribution in [3.05, 3.63) is 34.9 Å². The normalized spacial score (nSPS) is 14.5. The topological polar surface area (TPSA) is 87.7 Å². The summed E-state index contributed by atoms with van der Waals surface area (Å²) >= 11 is 4.34. The Morgan fingerprint density at radius 1 is 1.03 bits per heavy atom. The first-order valence-corrected chi connectivity index (χ1v) is 13.0. The number of thiol groups is 1. The first-order valence-electron chi connectivity index (χ1n) is 12.3. The van der Waals surface area contributed by atoms with Crippen molar-refractivity contribution in [3.8, 4) is 0 Å². The molecular weight excluding hydrogens is 462 g/mol. The van der Waals surface area contributed by atoms with Crippen molar-refractivity contribution in [3.63, 3.8) is 0 Å². The predicted octanol–water partition coefficient (Wildman–Crippen LogP) is 5.10. The summed E-state index contributed by atoms with van der Waals surface area (Å²) in [6, 6.07) is 3.92. The number of hydrogen-bond donors (Lipinski definition) is 3. The summed E-state index contributed by atoms with van der Waals surface area (Å²) in [5, 5.41) is 5.76. The Labute approximate surface area is 217 Å². The molecule has 1 aromatic carbocycles. The van der Waals surface area contributed by atoms with Gasteiger partial charge in [0.2, 0.25) is 11.8 Å². The van der Waals surface area contributed by atoms with E-state index in [-0.39, 0.29) is 17.7 Å². The van der Waals surface area contributed by atoms with E-state index >= 15 is 0 Å². The largest absolute Gasteiger partial charge is 0.444 e. The summed E-state index contributed by atoms with van der Waals surface area (Å²) in [6.45, 7) is 18.8. The van der Waals surface area contributed by atoms with Crippen LogP contribution < -0.4 is 10.6 Å². The molecule has 198 valence electrons. The zero-order chi connectivity index (χ0) is 27.1. The smallest absolute Gasteiger partial charge is 0.408 e. The molecule has 0 aliphatic rings. The second kappa shape index (κ2) is 12.7. The molecule has 0 spiro atoms. The van der Waals surface area contributed by atoms with Crippen LogP contribution in [-0.2, 0) is 14.3 Å². The van der Waals surface area contributed by atoms with Gasteiger partial charge in [-0.2, -0.15) is 12.6 Å². The lowest BCUT2D eigenvalue weighted by Crippen LogP contribution is -2.59. The molecule has 0 bridgehead atoms. The summed E-state index contributed by atoms with van der Waals surface area (Å²) in [4.78, 5) is 41.9. The molecule has 0 fully saturated rings. The molecule has 0 heterocycles. The number of ether oxygens (including phenoxy) is 1. The van der Waals surface area contributed by atoms with Crippen molar-refractivity contribution in [2.45, 2.75) is 111 Å². The minimum Gasteiger partial charge on any atom is -0.444 e. The van der Waals surface area contributed by atoms with Crippen molar-refractivity contribution in [2.24, 2.45) is 0 Å². The van der Waals surface area contributed by atoms with E-state index in [2.05, 4.69) is 30.2 Å². The van der Waals surface area contributed by atoms with Gasteiger partial charge in [-0.05, 0) is 85.4 Å². The van der Waals surface area contributed by atoms with Crippen molar-refractivity contribution in [1.82, 2.24) is 15.5 Å². The standard InChI is InChI=1S/C27H45N3O4S/c1-11-13-19(4)28-23(31)22(21-17(2)14-12-15-18(21)3)30(26(5,6)7)24(32)20(16-35)29-25(33)34-27(8,9)10/h12,14-15,19-20,22,35H,11,13,16H2,1-10H3,(H,28,31)(H,29,33). The van der Waals surface area contributed by atoms with E-state index in [0.717, 1.165) is 29.5 Å². The zero-order valence-corrected chi connectivity index (χ0v) is 24.0. The molecule has 1 aromatic rings. The number of nitrogens with zero attached hydrogens (tertiary/aromatic N) is 1. The number of aryl methyl sites for hydroxylation is 2. The number of hydrogen-bond acceptors (Lipinski definition) is 5. The first-order chi connectivity index (χ1) is 16.0. The Hall–Kier alpha value is -2.22. The van der Waals surface area contributed by atoms with Crippen LogP contribution in [0.25, 0.3) is 0 Å². The highest BCUT2D eigenvalue weighted by atomic mass is 32.1. The molecule has 0 aliphatic heterocycles. The number of rotatable bonds is 9. The summed E-state index contributed by atoms with van der Waals surface area (Å²) in [6.07, 6.45) is 1.05. The Morgan fingerprint density at radius 3 is 2.00 bits per heavy atom. The van der Waals surface area contributed by atoms with Crippen LogP contribution in [0, 0.1) is 13.8 Å². The Balaban J connectivity index is 3.58. The number of carbonyl (C=O) groups is 3. The van der Waals surface area contributed by atoms with Gasteiger partial charge in [0.05, 0.1) is 0 Å². The van der Waals surface area contributed by atoms with Crippen LogP contribution in [0.1, 0.15) is 91.0 Å². The Bertz CT molecular complexity index is 869. The van der Waals surface area contributed by atoms with Gasteiger partial charge in [0.15, 0.2) is 0 Å². The highest BCUT2D eigenvalue weighted by molar-refractivity contribution is 7.80. The first kappa shape index (κ1) is 30.8. The fourth-order valence-electron chi connectivity index (χ4n) is 4.11. The van der Waals surface area contributed by atoms with Crippen molar-refractivity contribution in [2.75, 3.05) is 5.75 Å². The van der Waals surface area contributed by atoms with Gasteiger partial charge in [-0.3, -0.25) is 9.59 Å². The number of amides is 3. The van der Waals surface area contributed by atoms with Crippen LogP contribution >= 0.6 is 12.6 Å². The molecule has 1 rings (SSSR count). The van der Waals surface area contributed by atoms with E-state index in [1.807, 2.05) is 59.7 Å². The third kappa shape index (κ3) is 9.06. The molecule has 3 amide bonds. The van der Waals surface area contributed by atoms with Gasteiger partial charge in [0, 0.05) is 17.3 Å². The lowest BCUT2D eigenvalue weighted by molar-refractivity contribution is -0.148. The van der Waals surface area contributed by atoms with Crippen molar-refractivity contribution in [1.29, 1.82) is 0 Å². The summed E-state index contributed by atoms with van der Waals surface area (Å²) < 4.78 is 5.36. The van der Waals surface area contributed by atoms with Gasteiger partial charge in [0.1, 0.15) is 17.7 Å². The minimum absolute atomic E-state index is 0.0446. The maximum atomic E-state index is 14.0. The maximum absolute atomic E-state index is 14.0. The number of carbonyl (C=O) groups excluding carboxylic acids is 3.